The van der Waals surface area contributed by atoms with Gasteiger partial charge < -0.3 is 10.2 Å². The summed E-state index contributed by atoms with van der Waals surface area (Å²) in [6.45, 7) is 7.55. The molecule has 1 saturated carbocycles. The lowest BCUT2D eigenvalue weighted by Gasteiger charge is -2.20. The molecule has 1 aliphatic rings. The summed E-state index contributed by atoms with van der Waals surface area (Å²) in [7, 11) is 0. The number of rotatable bonds is 7. The van der Waals surface area contributed by atoms with Crippen LogP contribution in [0.3, 0.4) is 0 Å². The van der Waals surface area contributed by atoms with Crippen LogP contribution in [-0.2, 0) is 11.3 Å². The Hall–Kier alpha value is -2.76. The van der Waals surface area contributed by atoms with Gasteiger partial charge in [-0.2, -0.15) is 0 Å². The van der Waals surface area contributed by atoms with Crippen molar-refractivity contribution >= 4 is 11.8 Å². The quantitative estimate of drug-likeness (QED) is 0.776. The largest absolute Gasteiger partial charge is 0.352 e. The number of nitrogens with one attached hydrogen (secondary N) is 1. The van der Waals surface area contributed by atoms with Gasteiger partial charge in [0.05, 0.1) is 11.3 Å². The van der Waals surface area contributed by atoms with E-state index in [1.54, 1.807) is 11.1 Å². The van der Waals surface area contributed by atoms with Crippen molar-refractivity contribution in [1.29, 1.82) is 0 Å². The van der Waals surface area contributed by atoms with Crippen LogP contribution >= 0.6 is 0 Å². The molecule has 1 aliphatic carbocycles. The van der Waals surface area contributed by atoms with Gasteiger partial charge in [-0.3, -0.25) is 9.59 Å². The van der Waals surface area contributed by atoms with Crippen molar-refractivity contribution < 1.29 is 9.59 Å². The Morgan fingerprint density at radius 1 is 1.10 bits per heavy atom. The SMILES string of the molecule is CCN(CC)C(=O)c1cnc(C)nc1-c1ccc(CNC(=O)C2CCCC2)cc1. The predicted octanol–water partition coefficient (Wildman–Crippen LogP) is 3.74. The van der Waals surface area contributed by atoms with E-state index >= 15 is 0 Å². The van der Waals surface area contributed by atoms with Crippen LogP contribution < -0.4 is 5.32 Å². The van der Waals surface area contributed by atoms with Crippen LogP contribution in [0.15, 0.2) is 30.5 Å². The number of carbonyl (C=O) groups excluding carboxylic acids is 2. The third-order valence-electron chi connectivity index (χ3n) is 5.61. The van der Waals surface area contributed by atoms with Gasteiger partial charge in [0.15, 0.2) is 0 Å². The summed E-state index contributed by atoms with van der Waals surface area (Å²) in [5, 5.41) is 3.04. The van der Waals surface area contributed by atoms with Gasteiger partial charge in [0.2, 0.25) is 5.91 Å². The van der Waals surface area contributed by atoms with E-state index in [1.807, 2.05) is 45.0 Å². The smallest absolute Gasteiger partial charge is 0.257 e. The summed E-state index contributed by atoms with van der Waals surface area (Å²) in [5.74, 6) is 0.902. The first-order chi connectivity index (χ1) is 14.0. The topological polar surface area (TPSA) is 75.2 Å². The summed E-state index contributed by atoms with van der Waals surface area (Å²) in [4.78, 5) is 35.6. The Morgan fingerprint density at radius 2 is 1.76 bits per heavy atom. The highest BCUT2D eigenvalue weighted by atomic mass is 16.2. The van der Waals surface area contributed by atoms with Crippen LogP contribution in [0, 0.1) is 12.8 Å². The Balaban J connectivity index is 1.76. The summed E-state index contributed by atoms with van der Waals surface area (Å²) in [6, 6.07) is 7.87. The number of aryl methyl sites for hydroxylation is 1. The molecule has 0 atom stereocenters. The number of carbonyl (C=O) groups is 2. The minimum atomic E-state index is -0.0575. The first-order valence-electron chi connectivity index (χ1n) is 10.5. The van der Waals surface area contributed by atoms with Crippen LogP contribution in [0.5, 0.6) is 0 Å². The highest BCUT2D eigenvalue weighted by Gasteiger charge is 2.22. The average molecular weight is 395 g/mol. The van der Waals surface area contributed by atoms with E-state index in [9.17, 15) is 9.59 Å². The zero-order chi connectivity index (χ0) is 20.8. The number of hydrogen-bond acceptors (Lipinski definition) is 4. The molecule has 0 aliphatic heterocycles. The van der Waals surface area contributed by atoms with Crippen molar-refractivity contribution in [3.8, 4) is 11.3 Å². The summed E-state index contributed by atoms with van der Waals surface area (Å²) < 4.78 is 0. The third kappa shape index (κ3) is 5.00. The minimum absolute atomic E-state index is 0.0575. The van der Waals surface area contributed by atoms with E-state index < -0.39 is 0 Å². The van der Waals surface area contributed by atoms with Gasteiger partial charge in [-0.25, -0.2) is 9.97 Å². The second-order valence-electron chi connectivity index (χ2n) is 7.55. The number of nitrogens with zero attached hydrogens (tertiary/aromatic N) is 3. The highest BCUT2D eigenvalue weighted by Crippen LogP contribution is 2.25. The molecular formula is C23H30N4O2. The molecule has 6 heteroatoms. The Labute approximate surface area is 172 Å². The average Bonchev–Trinajstić information content (AvgIpc) is 3.28. The molecule has 1 fully saturated rings. The Kier molecular flexibility index (Phi) is 6.96. The van der Waals surface area contributed by atoms with Crippen molar-refractivity contribution in [3.63, 3.8) is 0 Å². The number of hydrogen-bond donors (Lipinski definition) is 1. The summed E-state index contributed by atoms with van der Waals surface area (Å²) >= 11 is 0. The van der Waals surface area contributed by atoms with Gasteiger partial charge in [0.1, 0.15) is 5.82 Å². The van der Waals surface area contributed by atoms with Crippen molar-refractivity contribution in [3.05, 3.63) is 47.4 Å². The fourth-order valence-corrected chi connectivity index (χ4v) is 3.83. The van der Waals surface area contributed by atoms with Crippen LogP contribution in [0.4, 0.5) is 0 Å². The molecule has 0 saturated heterocycles. The molecule has 0 unspecified atom stereocenters. The van der Waals surface area contributed by atoms with Gasteiger partial charge in [-0.15, -0.1) is 0 Å². The van der Waals surface area contributed by atoms with E-state index in [2.05, 4.69) is 15.3 Å². The van der Waals surface area contributed by atoms with Crippen molar-refractivity contribution in [2.24, 2.45) is 5.92 Å². The van der Waals surface area contributed by atoms with Crippen LogP contribution in [0.2, 0.25) is 0 Å². The van der Waals surface area contributed by atoms with Crippen LogP contribution in [0.1, 0.15) is 61.3 Å². The third-order valence-corrected chi connectivity index (χ3v) is 5.61. The van der Waals surface area contributed by atoms with Gasteiger partial charge in [0.25, 0.3) is 5.91 Å². The molecule has 6 nitrogen and oxygen atoms in total. The fraction of sp³-hybridized carbons (Fsp3) is 0.478. The number of benzene rings is 1. The van der Waals surface area contributed by atoms with E-state index in [-0.39, 0.29) is 17.7 Å². The molecule has 1 N–H and O–H groups in total. The zero-order valence-corrected chi connectivity index (χ0v) is 17.6. The Bertz CT molecular complexity index is 854. The van der Waals surface area contributed by atoms with Crippen molar-refractivity contribution in [2.75, 3.05) is 13.1 Å². The fourth-order valence-electron chi connectivity index (χ4n) is 3.83. The van der Waals surface area contributed by atoms with Gasteiger partial charge in [-0.05, 0) is 39.2 Å². The molecule has 1 heterocycles. The van der Waals surface area contributed by atoms with Gasteiger partial charge in [0, 0.05) is 37.3 Å². The monoisotopic (exact) mass is 394 g/mol. The maximum absolute atomic E-state index is 12.9. The van der Waals surface area contributed by atoms with E-state index in [0.717, 1.165) is 36.8 Å². The molecule has 154 valence electrons. The van der Waals surface area contributed by atoms with Crippen LogP contribution in [0.25, 0.3) is 11.3 Å². The first-order valence-corrected chi connectivity index (χ1v) is 10.5. The van der Waals surface area contributed by atoms with E-state index in [0.29, 0.717) is 36.7 Å². The molecule has 1 aromatic heterocycles. The molecule has 1 aromatic carbocycles. The number of aromatic nitrogens is 2. The lowest BCUT2D eigenvalue weighted by atomic mass is 10.0. The van der Waals surface area contributed by atoms with E-state index in [4.69, 9.17) is 0 Å². The van der Waals surface area contributed by atoms with Gasteiger partial charge >= 0.3 is 0 Å². The van der Waals surface area contributed by atoms with Crippen molar-refractivity contribution in [2.45, 2.75) is 53.0 Å². The van der Waals surface area contributed by atoms with Gasteiger partial charge in [-0.1, -0.05) is 37.1 Å². The lowest BCUT2D eigenvalue weighted by molar-refractivity contribution is -0.124. The number of amides is 2. The molecule has 29 heavy (non-hydrogen) atoms. The van der Waals surface area contributed by atoms with E-state index in [1.165, 1.54) is 0 Å². The molecular weight excluding hydrogens is 364 g/mol. The van der Waals surface area contributed by atoms with Crippen LogP contribution in [-0.4, -0.2) is 39.8 Å². The second-order valence-corrected chi connectivity index (χ2v) is 7.55. The zero-order valence-electron chi connectivity index (χ0n) is 17.6. The maximum Gasteiger partial charge on any atom is 0.257 e. The highest BCUT2D eigenvalue weighted by molar-refractivity contribution is 5.99. The standard InChI is InChI=1S/C23H30N4O2/c1-4-27(5-2)23(29)20-15-24-16(3)26-21(20)18-12-10-17(11-13-18)14-25-22(28)19-8-6-7-9-19/h10-13,15,19H,4-9,14H2,1-3H3,(H,25,28). The second kappa shape index (κ2) is 9.63. The summed E-state index contributed by atoms with van der Waals surface area (Å²) in [5.41, 5.74) is 3.07. The van der Waals surface area contributed by atoms with Crippen molar-refractivity contribution in [1.82, 2.24) is 20.2 Å². The molecule has 0 spiro atoms. The molecule has 3 rings (SSSR count). The predicted molar refractivity (Wildman–Crippen MR) is 113 cm³/mol. The first kappa shape index (κ1) is 21.0. The maximum atomic E-state index is 12.9. The lowest BCUT2D eigenvalue weighted by Crippen LogP contribution is -2.31. The summed E-state index contributed by atoms with van der Waals surface area (Å²) in [6.07, 6.45) is 5.93. The Morgan fingerprint density at radius 3 is 2.38 bits per heavy atom. The normalized spacial score (nSPS) is 14.0. The minimum Gasteiger partial charge on any atom is -0.352 e. The molecule has 2 amide bonds. The molecule has 2 aromatic rings. The molecule has 0 radical (unpaired) electrons. The molecule has 0 bridgehead atoms.